The van der Waals surface area contributed by atoms with Crippen molar-refractivity contribution in [3.05, 3.63) is 35.1 Å². The fraction of sp³-hybridized carbons (Fsp3) is 0.571. The van der Waals surface area contributed by atoms with Gasteiger partial charge in [-0.25, -0.2) is 9.18 Å². The number of rotatable bonds is 3. The minimum atomic E-state index is -0.593. The van der Waals surface area contributed by atoms with Crippen LogP contribution in [0.4, 0.5) is 9.18 Å². The van der Waals surface area contributed by atoms with Crippen molar-refractivity contribution >= 4 is 11.9 Å². The fourth-order valence-electron chi connectivity index (χ4n) is 3.93. The van der Waals surface area contributed by atoms with Crippen molar-refractivity contribution in [3.8, 4) is 6.07 Å². The van der Waals surface area contributed by atoms with E-state index in [9.17, 15) is 14.0 Å². The molecule has 2 aliphatic heterocycles. The van der Waals surface area contributed by atoms with Crippen LogP contribution in [0.15, 0.2) is 18.2 Å². The van der Waals surface area contributed by atoms with Gasteiger partial charge in [-0.15, -0.1) is 0 Å². The number of nitriles is 1. The van der Waals surface area contributed by atoms with Crippen LogP contribution >= 0.6 is 0 Å². The van der Waals surface area contributed by atoms with E-state index >= 15 is 0 Å². The Morgan fingerprint density at radius 2 is 1.93 bits per heavy atom. The Labute approximate surface area is 164 Å². The first kappa shape index (κ1) is 20.3. The second-order valence-electron chi connectivity index (χ2n) is 8.41. The standard InChI is InChI=1S/C21H25FN2O4/c1-21(2,3)28-20(26)24-16-9-15(10-17(24)12-27-11-16)19(25)14-4-5-18(22)13(8-14)6-7-23/h4-5,8,15-17H,6,9-12H2,1-3H3. The van der Waals surface area contributed by atoms with E-state index in [0.29, 0.717) is 31.6 Å². The molecule has 28 heavy (non-hydrogen) atoms. The summed E-state index contributed by atoms with van der Waals surface area (Å²) in [5.41, 5.74) is 0.0360. The van der Waals surface area contributed by atoms with E-state index in [2.05, 4.69) is 0 Å². The SMILES string of the molecule is CC(C)(C)OC(=O)N1C2COCC1CC(C(=O)c1ccc(F)c(CC#N)c1)C2. The summed E-state index contributed by atoms with van der Waals surface area (Å²) in [6.45, 7) is 6.19. The summed E-state index contributed by atoms with van der Waals surface area (Å²) in [6.07, 6.45) is 0.483. The number of hydrogen-bond donors (Lipinski definition) is 0. The van der Waals surface area contributed by atoms with E-state index in [4.69, 9.17) is 14.7 Å². The molecule has 0 radical (unpaired) electrons. The number of carbonyl (C=O) groups excluding carboxylic acids is 2. The molecule has 2 unspecified atom stereocenters. The summed E-state index contributed by atoms with van der Waals surface area (Å²) < 4.78 is 24.9. The van der Waals surface area contributed by atoms with Gasteiger partial charge in [-0.3, -0.25) is 9.69 Å². The second-order valence-corrected chi connectivity index (χ2v) is 8.41. The Morgan fingerprint density at radius 3 is 2.50 bits per heavy atom. The van der Waals surface area contributed by atoms with Gasteiger partial charge in [0.1, 0.15) is 11.4 Å². The van der Waals surface area contributed by atoms with Crippen molar-refractivity contribution in [2.24, 2.45) is 5.92 Å². The molecular formula is C21H25FN2O4. The number of hydrogen-bond acceptors (Lipinski definition) is 5. The molecule has 0 spiro atoms. The maximum Gasteiger partial charge on any atom is 0.410 e. The molecule has 3 rings (SSSR count). The molecule has 1 amide bonds. The molecule has 0 N–H and O–H groups in total. The number of Topliss-reactive ketones (excluding diaryl/α,β-unsaturated/α-hetero) is 1. The quantitative estimate of drug-likeness (QED) is 0.741. The van der Waals surface area contributed by atoms with Crippen LogP contribution in [-0.2, 0) is 15.9 Å². The van der Waals surface area contributed by atoms with Crippen molar-refractivity contribution in [3.63, 3.8) is 0 Å². The van der Waals surface area contributed by atoms with Crippen molar-refractivity contribution in [1.29, 1.82) is 5.26 Å². The lowest BCUT2D eigenvalue weighted by Crippen LogP contribution is -2.60. The number of nitrogens with zero attached hydrogens (tertiary/aromatic N) is 2. The summed E-state index contributed by atoms with van der Waals surface area (Å²) in [5, 5.41) is 8.83. The zero-order valence-electron chi connectivity index (χ0n) is 16.4. The van der Waals surface area contributed by atoms with Gasteiger partial charge in [-0.05, 0) is 51.8 Å². The highest BCUT2D eigenvalue weighted by Crippen LogP contribution is 2.34. The van der Waals surface area contributed by atoms with Gasteiger partial charge in [0.2, 0.25) is 0 Å². The average Bonchev–Trinajstić information content (AvgIpc) is 2.60. The zero-order valence-corrected chi connectivity index (χ0v) is 16.4. The maximum absolute atomic E-state index is 13.8. The number of carbonyl (C=O) groups is 2. The molecule has 7 heteroatoms. The normalized spacial score (nSPS) is 24.4. The minimum absolute atomic E-state index is 0.0802. The lowest BCUT2D eigenvalue weighted by Gasteiger charge is -2.47. The lowest BCUT2D eigenvalue weighted by atomic mass is 9.80. The van der Waals surface area contributed by atoms with Gasteiger partial charge in [0, 0.05) is 17.0 Å². The average molecular weight is 388 g/mol. The predicted octanol–water partition coefficient (Wildman–Crippen LogP) is 3.49. The second kappa shape index (κ2) is 7.88. The summed E-state index contributed by atoms with van der Waals surface area (Å²) in [5.74, 6) is -0.846. The minimum Gasteiger partial charge on any atom is -0.444 e. The number of ketones is 1. The van der Waals surface area contributed by atoms with E-state index < -0.39 is 11.4 Å². The fourth-order valence-corrected chi connectivity index (χ4v) is 3.93. The molecule has 0 saturated carbocycles. The smallest absolute Gasteiger partial charge is 0.410 e. The molecule has 2 heterocycles. The molecule has 2 aliphatic rings. The van der Waals surface area contributed by atoms with E-state index in [0.717, 1.165) is 0 Å². The third-order valence-electron chi connectivity index (χ3n) is 5.10. The molecule has 6 nitrogen and oxygen atoms in total. The van der Waals surface area contributed by atoms with Crippen LogP contribution in [-0.4, -0.2) is 47.7 Å². The molecule has 2 bridgehead atoms. The molecule has 1 aromatic carbocycles. The van der Waals surface area contributed by atoms with Crippen LogP contribution in [0.3, 0.4) is 0 Å². The van der Waals surface area contributed by atoms with Crippen LogP contribution in [0.2, 0.25) is 0 Å². The van der Waals surface area contributed by atoms with E-state index in [1.54, 1.807) is 4.90 Å². The van der Waals surface area contributed by atoms with E-state index in [1.165, 1.54) is 18.2 Å². The Kier molecular flexibility index (Phi) is 5.71. The zero-order chi connectivity index (χ0) is 20.5. The first-order chi connectivity index (χ1) is 13.2. The third-order valence-corrected chi connectivity index (χ3v) is 5.10. The Balaban J connectivity index is 1.77. The van der Waals surface area contributed by atoms with Gasteiger partial charge in [-0.2, -0.15) is 5.26 Å². The first-order valence-electron chi connectivity index (χ1n) is 9.48. The summed E-state index contributed by atoms with van der Waals surface area (Å²) in [4.78, 5) is 27.4. The largest absolute Gasteiger partial charge is 0.444 e. The number of amides is 1. The van der Waals surface area contributed by atoms with Crippen LogP contribution < -0.4 is 0 Å². The van der Waals surface area contributed by atoms with Crippen molar-refractivity contribution < 1.29 is 23.5 Å². The van der Waals surface area contributed by atoms with Crippen LogP contribution in [0.25, 0.3) is 0 Å². The number of morpholine rings is 1. The van der Waals surface area contributed by atoms with Crippen molar-refractivity contribution in [1.82, 2.24) is 4.90 Å². The monoisotopic (exact) mass is 388 g/mol. The predicted molar refractivity (Wildman–Crippen MR) is 99.2 cm³/mol. The van der Waals surface area contributed by atoms with Crippen LogP contribution in [0, 0.1) is 23.1 Å². The molecule has 1 aromatic rings. The van der Waals surface area contributed by atoms with E-state index in [1.807, 2.05) is 26.8 Å². The Bertz CT molecular complexity index is 798. The number of ether oxygens (including phenoxy) is 2. The molecule has 2 fully saturated rings. The maximum atomic E-state index is 13.8. The lowest BCUT2D eigenvalue weighted by molar-refractivity contribution is -0.0861. The highest BCUT2D eigenvalue weighted by Gasteiger charge is 2.45. The molecule has 0 aromatic heterocycles. The Hall–Kier alpha value is -2.46. The highest BCUT2D eigenvalue weighted by molar-refractivity contribution is 5.98. The van der Waals surface area contributed by atoms with Gasteiger partial charge in [0.05, 0.1) is 37.8 Å². The van der Waals surface area contributed by atoms with Gasteiger partial charge < -0.3 is 9.47 Å². The van der Waals surface area contributed by atoms with Gasteiger partial charge in [0.25, 0.3) is 0 Å². The highest BCUT2D eigenvalue weighted by atomic mass is 19.1. The molecular weight excluding hydrogens is 363 g/mol. The summed E-state index contributed by atoms with van der Waals surface area (Å²) in [7, 11) is 0. The van der Waals surface area contributed by atoms with Crippen molar-refractivity contribution in [2.75, 3.05) is 13.2 Å². The van der Waals surface area contributed by atoms with Crippen molar-refractivity contribution in [2.45, 2.75) is 57.7 Å². The summed E-state index contributed by atoms with van der Waals surface area (Å²) in [6, 6.07) is 5.63. The van der Waals surface area contributed by atoms with Gasteiger partial charge >= 0.3 is 6.09 Å². The van der Waals surface area contributed by atoms with Gasteiger partial charge in [0.15, 0.2) is 5.78 Å². The third kappa shape index (κ3) is 4.33. The Morgan fingerprint density at radius 1 is 1.29 bits per heavy atom. The molecule has 150 valence electrons. The van der Waals surface area contributed by atoms with Crippen LogP contribution in [0.5, 0.6) is 0 Å². The first-order valence-corrected chi connectivity index (χ1v) is 9.48. The molecule has 0 aliphatic carbocycles. The topological polar surface area (TPSA) is 79.6 Å². The number of benzene rings is 1. The number of fused-ring (bicyclic) bond motifs is 2. The molecule has 2 atom stereocenters. The molecule has 2 saturated heterocycles. The number of piperidine rings is 1. The number of halogens is 1. The summed E-state index contributed by atoms with van der Waals surface area (Å²) >= 11 is 0. The van der Waals surface area contributed by atoms with Gasteiger partial charge in [-0.1, -0.05) is 0 Å². The van der Waals surface area contributed by atoms with E-state index in [-0.39, 0.29) is 41.9 Å². The van der Waals surface area contributed by atoms with Crippen LogP contribution in [0.1, 0.15) is 49.5 Å².